The summed E-state index contributed by atoms with van der Waals surface area (Å²) in [6, 6.07) is 13.8. The summed E-state index contributed by atoms with van der Waals surface area (Å²) >= 11 is 0. The molecule has 41 heavy (non-hydrogen) atoms. The van der Waals surface area contributed by atoms with Gasteiger partial charge in [-0.05, 0) is 48.6 Å². The third-order valence-corrected chi connectivity index (χ3v) is 7.96. The summed E-state index contributed by atoms with van der Waals surface area (Å²) in [4.78, 5) is 33.1. The number of carbonyl (C=O) groups excluding carboxylic acids is 2. The van der Waals surface area contributed by atoms with Gasteiger partial charge in [0.05, 0.1) is 18.0 Å². The first-order valence-corrected chi connectivity index (χ1v) is 15.8. The molecular formula is C30H39N5O5S. The van der Waals surface area contributed by atoms with Gasteiger partial charge in [-0.25, -0.2) is 13.4 Å². The largest absolute Gasteiger partial charge is 0.494 e. The summed E-state index contributed by atoms with van der Waals surface area (Å²) in [5.74, 6) is 1.26. The maximum absolute atomic E-state index is 13.2. The average Bonchev–Trinajstić information content (AvgIpc) is 3.38. The fourth-order valence-corrected chi connectivity index (χ4v) is 5.47. The van der Waals surface area contributed by atoms with Crippen LogP contribution in [0.25, 0.3) is 11.4 Å². The average molecular weight is 582 g/mol. The Kier molecular flexibility index (Phi) is 10.2. The third-order valence-electron chi connectivity index (χ3n) is 6.83. The number of rotatable bonds is 5. The van der Waals surface area contributed by atoms with Gasteiger partial charge in [0.1, 0.15) is 17.6 Å². The molecule has 1 aliphatic heterocycles. The van der Waals surface area contributed by atoms with Crippen LogP contribution in [0.15, 0.2) is 65.8 Å². The first kappa shape index (κ1) is 30.3. The Bertz CT molecular complexity index is 1440. The summed E-state index contributed by atoms with van der Waals surface area (Å²) in [5, 5.41) is 5.92. The normalized spacial score (nSPS) is 18.0. The van der Waals surface area contributed by atoms with Gasteiger partial charge in [0.25, 0.3) is 0 Å². The standard InChI is InChI=1S/C30H39N5O5S/c1-22(2)18-27-30(37)32-13-16-35-15-12-31-29(35)24-6-4-7-25(19-24)40-17-5-14-34(21-28(36)33-27)20-23-8-10-26(11-9-23)41(3,38)39/h4,6-12,15,19,22,27H,5,13-14,16-18,20-21H2,1-3H3,(H,32,37)(H,33,36)/t27-/m1/s1. The van der Waals surface area contributed by atoms with Crippen LogP contribution in [0.3, 0.4) is 0 Å². The minimum absolute atomic E-state index is 0.0869. The Labute approximate surface area is 242 Å². The number of nitrogens with one attached hydrogen (secondary N) is 2. The molecule has 1 atom stereocenters. The summed E-state index contributed by atoms with van der Waals surface area (Å²) in [5.41, 5.74) is 1.80. The molecule has 3 aromatic rings. The van der Waals surface area contributed by atoms with Crippen molar-refractivity contribution in [2.75, 3.05) is 32.5 Å². The highest BCUT2D eigenvalue weighted by Crippen LogP contribution is 2.23. The van der Waals surface area contributed by atoms with E-state index in [1.807, 2.05) is 53.8 Å². The smallest absolute Gasteiger partial charge is 0.242 e. The van der Waals surface area contributed by atoms with Crippen LogP contribution in [-0.4, -0.2) is 73.2 Å². The number of ether oxygens (including phenoxy) is 1. The van der Waals surface area contributed by atoms with E-state index in [1.54, 1.807) is 30.5 Å². The number of fused-ring (bicyclic) bond motifs is 4. The quantitative estimate of drug-likeness (QED) is 0.475. The molecule has 220 valence electrons. The Morgan fingerprint density at radius 1 is 1.10 bits per heavy atom. The molecule has 11 heteroatoms. The summed E-state index contributed by atoms with van der Waals surface area (Å²) in [6.45, 7) is 6.49. The van der Waals surface area contributed by atoms with Crippen molar-refractivity contribution in [3.8, 4) is 17.1 Å². The van der Waals surface area contributed by atoms with Crippen molar-refractivity contribution in [1.82, 2.24) is 25.1 Å². The minimum Gasteiger partial charge on any atom is -0.494 e. The predicted octanol–water partition coefficient (Wildman–Crippen LogP) is 2.89. The second kappa shape index (κ2) is 13.8. The number of hydrogen-bond acceptors (Lipinski definition) is 7. The molecule has 0 spiro atoms. The summed E-state index contributed by atoms with van der Waals surface area (Å²) in [7, 11) is -3.30. The SMILES string of the molecule is CC(C)C[C@H]1NC(=O)CN(Cc2ccc(S(C)(=O)=O)cc2)CCCOc2cccc(c2)-c2nccn2CCNC1=O. The molecule has 0 saturated heterocycles. The number of benzene rings is 2. The molecule has 2 amide bonds. The van der Waals surface area contributed by atoms with E-state index in [2.05, 4.69) is 15.6 Å². The van der Waals surface area contributed by atoms with Gasteiger partial charge in [-0.3, -0.25) is 14.5 Å². The number of imidazole rings is 1. The molecule has 0 fully saturated rings. The number of sulfone groups is 1. The van der Waals surface area contributed by atoms with Gasteiger partial charge in [0.2, 0.25) is 11.8 Å². The van der Waals surface area contributed by atoms with E-state index in [0.29, 0.717) is 45.6 Å². The molecule has 0 aliphatic carbocycles. The Morgan fingerprint density at radius 2 is 1.88 bits per heavy atom. The topological polar surface area (TPSA) is 123 Å². The lowest BCUT2D eigenvalue weighted by molar-refractivity contribution is -0.130. The summed E-state index contributed by atoms with van der Waals surface area (Å²) in [6.07, 6.45) is 5.96. The Hall–Kier alpha value is -3.70. The fourth-order valence-electron chi connectivity index (χ4n) is 4.84. The van der Waals surface area contributed by atoms with E-state index < -0.39 is 15.9 Å². The highest BCUT2D eigenvalue weighted by atomic mass is 32.2. The zero-order valence-electron chi connectivity index (χ0n) is 23.9. The van der Waals surface area contributed by atoms with Gasteiger partial charge < -0.3 is 19.9 Å². The van der Waals surface area contributed by atoms with Crippen LogP contribution in [-0.2, 0) is 32.5 Å². The number of nitrogens with zero attached hydrogens (tertiary/aromatic N) is 3. The second-order valence-corrected chi connectivity index (χ2v) is 12.9. The monoisotopic (exact) mass is 581 g/mol. The van der Waals surface area contributed by atoms with Crippen molar-refractivity contribution >= 4 is 21.7 Å². The van der Waals surface area contributed by atoms with Gasteiger partial charge in [-0.2, -0.15) is 0 Å². The molecule has 2 N–H and O–H groups in total. The lowest BCUT2D eigenvalue weighted by atomic mass is 10.0. The van der Waals surface area contributed by atoms with Gasteiger partial charge in [-0.15, -0.1) is 0 Å². The van der Waals surface area contributed by atoms with Crippen molar-refractivity contribution in [1.29, 1.82) is 0 Å². The number of amides is 2. The highest BCUT2D eigenvalue weighted by Gasteiger charge is 2.23. The fraction of sp³-hybridized carbons (Fsp3) is 0.433. The molecule has 10 nitrogen and oxygen atoms in total. The molecule has 0 unspecified atom stereocenters. The number of hydrogen-bond donors (Lipinski definition) is 2. The van der Waals surface area contributed by atoms with Gasteiger partial charge >= 0.3 is 0 Å². The van der Waals surface area contributed by atoms with Crippen LogP contribution in [0, 0.1) is 5.92 Å². The van der Waals surface area contributed by atoms with Crippen molar-refractivity contribution in [3.05, 3.63) is 66.5 Å². The zero-order valence-corrected chi connectivity index (χ0v) is 24.7. The number of aromatic nitrogens is 2. The zero-order chi connectivity index (χ0) is 29.4. The molecular weight excluding hydrogens is 542 g/mol. The molecule has 4 rings (SSSR count). The van der Waals surface area contributed by atoms with E-state index in [0.717, 1.165) is 22.7 Å². The highest BCUT2D eigenvalue weighted by molar-refractivity contribution is 7.90. The van der Waals surface area contributed by atoms with Gasteiger partial charge in [0.15, 0.2) is 9.84 Å². The first-order chi connectivity index (χ1) is 19.6. The van der Waals surface area contributed by atoms with Crippen LogP contribution in [0.5, 0.6) is 5.75 Å². The Morgan fingerprint density at radius 3 is 2.61 bits per heavy atom. The second-order valence-electron chi connectivity index (χ2n) is 10.8. The van der Waals surface area contributed by atoms with Crippen LogP contribution in [0.1, 0.15) is 32.3 Å². The predicted molar refractivity (Wildman–Crippen MR) is 157 cm³/mol. The maximum atomic E-state index is 13.2. The van der Waals surface area contributed by atoms with Gasteiger partial charge in [0, 0.05) is 50.4 Å². The minimum atomic E-state index is -3.30. The van der Waals surface area contributed by atoms with Crippen LogP contribution in [0.4, 0.5) is 0 Å². The van der Waals surface area contributed by atoms with Crippen LogP contribution < -0.4 is 15.4 Å². The van der Waals surface area contributed by atoms with Crippen LogP contribution >= 0.6 is 0 Å². The molecule has 0 saturated carbocycles. The molecule has 1 aromatic heterocycles. The van der Waals surface area contributed by atoms with Crippen molar-refractivity contribution < 1.29 is 22.7 Å². The lowest BCUT2D eigenvalue weighted by Gasteiger charge is -2.25. The molecule has 0 radical (unpaired) electrons. The van der Waals surface area contributed by atoms with Crippen LogP contribution in [0.2, 0.25) is 0 Å². The van der Waals surface area contributed by atoms with E-state index in [4.69, 9.17) is 4.74 Å². The molecule has 2 heterocycles. The maximum Gasteiger partial charge on any atom is 0.242 e. The van der Waals surface area contributed by atoms with E-state index in [1.165, 1.54) is 6.26 Å². The first-order valence-electron chi connectivity index (χ1n) is 13.9. The Balaban J connectivity index is 1.55. The van der Waals surface area contributed by atoms with Gasteiger partial charge in [-0.1, -0.05) is 38.1 Å². The van der Waals surface area contributed by atoms with Crippen molar-refractivity contribution in [2.24, 2.45) is 5.92 Å². The summed E-state index contributed by atoms with van der Waals surface area (Å²) < 4.78 is 31.8. The molecule has 1 aliphatic rings. The van der Waals surface area contributed by atoms with Crippen molar-refractivity contribution in [3.63, 3.8) is 0 Å². The number of carbonyl (C=O) groups is 2. The molecule has 2 aromatic carbocycles. The lowest BCUT2D eigenvalue weighted by Crippen LogP contribution is -2.50. The van der Waals surface area contributed by atoms with Crippen molar-refractivity contribution in [2.45, 2.75) is 50.7 Å². The van der Waals surface area contributed by atoms with E-state index in [-0.39, 0.29) is 29.2 Å². The van der Waals surface area contributed by atoms with E-state index >= 15 is 0 Å². The van der Waals surface area contributed by atoms with E-state index in [9.17, 15) is 18.0 Å². The third kappa shape index (κ3) is 8.89. The molecule has 2 bridgehead atoms.